The highest BCUT2D eigenvalue weighted by Crippen LogP contribution is 2.36. The molecule has 0 spiro atoms. The van der Waals surface area contributed by atoms with Crippen LogP contribution in [0.1, 0.15) is 30.1 Å². The van der Waals surface area contributed by atoms with Crippen molar-refractivity contribution in [1.82, 2.24) is 0 Å². The van der Waals surface area contributed by atoms with Crippen molar-refractivity contribution in [2.45, 2.75) is 30.7 Å². The summed E-state index contributed by atoms with van der Waals surface area (Å²) in [7, 11) is 0. The Hall–Kier alpha value is -1.16. The fraction of sp³-hybridized carbons (Fsp3) is 0.462. The molecule has 1 aromatic rings. The van der Waals surface area contributed by atoms with E-state index in [1.54, 1.807) is 0 Å². The van der Waals surface area contributed by atoms with Crippen LogP contribution in [0.25, 0.3) is 0 Å². The molecule has 0 aromatic heterocycles. The molecular weight excluding hydrogens is 234 g/mol. The lowest BCUT2D eigenvalue weighted by molar-refractivity contribution is 0.0694. The van der Waals surface area contributed by atoms with Crippen molar-refractivity contribution in [3.05, 3.63) is 23.8 Å². The molecule has 1 fully saturated rings. The monoisotopic (exact) mass is 251 g/mol. The van der Waals surface area contributed by atoms with Crippen molar-refractivity contribution in [2.75, 3.05) is 17.7 Å². The van der Waals surface area contributed by atoms with Crippen LogP contribution in [0.3, 0.4) is 0 Å². The maximum atomic E-state index is 11.4. The van der Waals surface area contributed by atoms with Crippen LogP contribution in [0.15, 0.2) is 23.1 Å². The van der Waals surface area contributed by atoms with Crippen LogP contribution >= 0.6 is 11.8 Å². The predicted molar refractivity (Wildman–Crippen MR) is 71.2 cm³/mol. The van der Waals surface area contributed by atoms with Gasteiger partial charge in [-0.25, -0.2) is 4.79 Å². The van der Waals surface area contributed by atoms with Crippen LogP contribution in [-0.4, -0.2) is 29.9 Å². The molecular formula is C13H17NO2S. The van der Waals surface area contributed by atoms with E-state index in [9.17, 15) is 9.90 Å². The number of aromatic carboxylic acids is 1. The fourth-order valence-corrected chi connectivity index (χ4v) is 2.77. The molecule has 1 aliphatic carbocycles. The summed E-state index contributed by atoms with van der Waals surface area (Å²) in [6.07, 6.45) is 4.27. The largest absolute Gasteiger partial charge is 0.478 e. The lowest BCUT2D eigenvalue weighted by Crippen LogP contribution is -2.27. The molecule has 1 N–H and O–H groups in total. The molecule has 1 saturated carbocycles. The van der Waals surface area contributed by atoms with Crippen molar-refractivity contribution in [2.24, 2.45) is 0 Å². The molecule has 0 amide bonds. The molecule has 0 bridgehead atoms. The van der Waals surface area contributed by atoms with E-state index in [0.29, 0.717) is 11.6 Å². The summed E-state index contributed by atoms with van der Waals surface area (Å²) in [5.74, 6) is -0.830. The van der Waals surface area contributed by atoms with Gasteiger partial charge in [-0.1, -0.05) is 6.07 Å². The molecule has 0 aliphatic heterocycles. The predicted octanol–water partition coefficient (Wildman–Crippen LogP) is 3.10. The van der Waals surface area contributed by atoms with Crippen molar-refractivity contribution in [3.8, 4) is 0 Å². The van der Waals surface area contributed by atoms with Crippen LogP contribution in [0.4, 0.5) is 5.69 Å². The summed E-state index contributed by atoms with van der Waals surface area (Å²) in [6, 6.07) is 6.28. The van der Waals surface area contributed by atoms with Gasteiger partial charge in [-0.3, -0.25) is 0 Å². The van der Waals surface area contributed by atoms with E-state index < -0.39 is 5.97 Å². The molecule has 0 heterocycles. The summed E-state index contributed by atoms with van der Waals surface area (Å²) in [5, 5.41) is 9.38. The van der Waals surface area contributed by atoms with Gasteiger partial charge in [0, 0.05) is 17.5 Å². The first kappa shape index (κ1) is 12.3. The van der Waals surface area contributed by atoms with Gasteiger partial charge in [0.1, 0.15) is 0 Å². The molecule has 3 nitrogen and oxygen atoms in total. The topological polar surface area (TPSA) is 40.5 Å². The molecule has 92 valence electrons. The number of carboxylic acid groups (broad SMARTS) is 1. The van der Waals surface area contributed by atoms with Crippen molar-refractivity contribution < 1.29 is 9.90 Å². The Labute approximate surface area is 106 Å². The van der Waals surface area contributed by atoms with E-state index in [1.807, 2.05) is 24.5 Å². The molecule has 0 saturated heterocycles. The number of hydrogen-bond donors (Lipinski definition) is 1. The van der Waals surface area contributed by atoms with E-state index in [0.717, 1.165) is 17.1 Å². The zero-order valence-corrected chi connectivity index (χ0v) is 11.0. The Balaban J connectivity index is 2.47. The average molecular weight is 251 g/mol. The summed E-state index contributed by atoms with van der Waals surface area (Å²) in [4.78, 5) is 14.5. The minimum atomic E-state index is -0.830. The van der Waals surface area contributed by atoms with Crippen molar-refractivity contribution in [1.29, 1.82) is 0 Å². The maximum absolute atomic E-state index is 11.4. The van der Waals surface area contributed by atoms with Gasteiger partial charge >= 0.3 is 5.97 Å². The van der Waals surface area contributed by atoms with E-state index >= 15 is 0 Å². The number of rotatable bonds is 5. The third-order valence-electron chi connectivity index (χ3n) is 3.08. The summed E-state index contributed by atoms with van der Waals surface area (Å²) >= 11 is 1.49. The minimum absolute atomic E-state index is 0.453. The van der Waals surface area contributed by atoms with Gasteiger partial charge in [-0.05, 0) is 38.2 Å². The van der Waals surface area contributed by atoms with Gasteiger partial charge in [-0.2, -0.15) is 0 Å². The number of carboxylic acids is 1. The Morgan fingerprint density at radius 1 is 1.53 bits per heavy atom. The highest BCUT2D eigenvalue weighted by atomic mass is 32.2. The van der Waals surface area contributed by atoms with Gasteiger partial charge in [0.2, 0.25) is 0 Å². The first-order valence-electron chi connectivity index (χ1n) is 5.86. The van der Waals surface area contributed by atoms with E-state index in [1.165, 1.54) is 24.6 Å². The Kier molecular flexibility index (Phi) is 3.62. The Morgan fingerprint density at radius 2 is 2.24 bits per heavy atom. The Bertz CT molecular complexity index is 429. The fourth-order valence-electron chi connectivity index (χ4n) is 2.16. The van der Waals surface area contributed by atoms with Gasteiger partial charge in [0.05, 0.1) is 11.3 Å². The quantitative estimate of drug-likeness (QED) is 0.816. The second-order valence-corrected chi connectivity index (χ2v) is 5.02. The number of thioether (sulfide) groups is 1. The highest BCUT2D eigenvalue weighted by molar-refractivity contribution is 7.98. The van der Waals surface area contributed by atoms with Crippen LogP contribution in [-0.2, 0) is 0 Å². The maximum Gasteiger partial charge on any atom is 0.338 e. The molecule has 0 atom stereocenters. The Morgan fingerprint density at radius 3 is 2.71 bits per heavy atom. The molecule has 0 unspecified atom stereocenters. The zero-order valence-electron chi connectivity index (χ0n) is 10.1. The van der Waals surface area contributed by atoms with Crippen LogP contribution < -0.4 is 4.90 Å². The molecule has 1 aliphatic rings. The van der Waals surface area contributed by atoms with E-state index in [4.69, 9.17) is 0 Å². The third-order valence-corrected chi connectivity index (χ3v) is 3.86. The van der Waals surface area contributed by atoms with Crippen LogP contribution in [0, 0.1) is 0 Å². The number of anilines is 1. The normalized spacial score (nSPS) is 14.7. The average Bonchev–Trinajstić information content (AvgIpc) is 3.13. The van der Waals surface area contributed by atoms with Gasteiger partial charge in [0.25, 0.3) is 0 Å². The molecule has 0 radical (unpaired) electrons. The number of carbonyl (C=O) groups is 1. The summed E-state index contributed by atoms with van der Waals surface area (Å²) in [5.41, 5.74) is 1.32. The van der Waals surface area contributed by atoms with Crippen LogP contribution in [0.2, 0.25) is 0 Å². The second kappa shape index (κ2) is 5.00. The van der Waals surface area contributed by atoms with E-state index in [-0.39, 0.29) is 0 Å². The first-order valence-corrected chi connectivity index (χ1v) is 7.08. The smallest absolute Gasteiger partial charge is 0.338 e. The summed E-state index contributed by atoms with van der Waals surface area (Å²) in [6.45, 7) is 2.94. The first-order chi connectivity index (χ1) is 8.19. The molecule has 1 aromatic carbocycles. The summed E-state index contributed by atoms with van der Waals surface area (Å²) < 4.78 is 0. The second-order valence-electron chi connectivity index (χ2n) is 4.18. The van der Waals surface area contributed by atoms with Gasteiger partial charge < -0.3 is 10.0 Å². The van der Waals surface area contributed by atoms with E-state index in [2.05, 4.69) is 11.8 Å². The standard InChI is InChI=1S/C13H17NO2S/c1-3-14(9-7-8-9)10-5-4-6-11(17-2)12(10)13(15)16/h4-6,9H,3,7-8H2,1-2H3,(H,15,16). The third kappa shape index (κ3) is 2.41. The number of hydrogen-bond acceptors (Lipinski definition) is 3. The van der Waals surface area contributed by atoms with Gasteiger partial charge in [-0.15, -0.1) is 11.8 Å². The zero-order chi connectivity index (χ0) is 12.4. The van der Waals surface area contributed by atoms with Crippen LogP contribution in [0.5, 0.6) is 0 Å². The highest BCUT2D eigenvalue weighted by Gasteiger charge is 2.31. The minimum Gasteiger partial charge on any atom is -0.478 e. The lowest BCUT2D eigenvalue weighted by Gasteiger charge is -2.25. The lowest BCUT2D eigenvalue weighted by atomic mass is 10.1. The molecule has 4 heteroatoms. The SMILES string of the molecule is CCN(c1cccc(SC)c1C(=O)O)C1CC1. The van der Waals surface area contributed by atoms with Crippen molar-refractivity contribution in [3.63, 3.8) is 0 Å². The molecule has 17 heavy (non-hydrogen) atoms. The number of nitrogens with zero attached hydrogens (tertiary/aromatic N) is 1. The molecule has 2 rings (SSSR count). The van der Waals surface area contributed by atoms with Gasteiger partial charge in [0.15, 0.2) is 0 Å². The van der Waals surface area contributed by atoms with Crippen molar-refractivity contribution >= 4 is 23.4 Å². The number of benzene rings is 1.